The summed E-state index contributed by atoms with van der Waals surface area (Å²) in [6.45, 7) is 2.24. The first-order valence-electron chi connectivity index (χ1n) is 6.75. The second-order valence-electron chi connectivity index (χ2n) is 5.01. The van der Waals surface area contributed by atoms with Crippen LogP contribution >= 0.6 is 0 Å². The van der Waals surface area contributed by atoms with Crippen LogP contribution in [0.5, 0.6) is 5.75 Å². The van der Waals surface area contributed by atoms with Gasteiger partial charge in [0.15, 0.2) is 0 Å². The fourth-order valence-corrected chi connectivity index (χ4v) is 2.79. The SMILES string of the molecule is COc1ccccc1COCC1CCCC1CN. The highest BCUT2D eigenvalue weighted by molar-refractivity contribution is 5.32. The number of para-hydroxylation sites is 1. The average Bonchev–Trinajstić information content (AvgIpc) is 2.87. The number of hydrogen-bond donors (Lipinski definition) is 1. The third-order valence-electron chi connectivity index (χ3n) is 3.90. The molecule has 0 bridgehead atoms. The standard InChI is InChI=1S/C15H23NO2/c1-17-15-8-3-2-5-14(15)11-18-10-13-7-4-6-12(13)9-16/h2-3,5,8,12-13H,4,6-7,9-11,16H2,1H3. The Morgan fingerprint density at radius 1 is 1.22 bits per heavy atom. The quantitative estimate of drug-likeness (QED) is 0.842. The van der Waals surface area contributed by atoms with Crippen LogP contribution in [0.4, 0.5) is 0 Å². The Morgan fingerprint density at radius 2 is 2.00 bits per heavy atom. The summed E-state index contributed by atoms with van der Waals surface area (Å²) in [5.74, 6) is 2.20. The number of benzene rings is 1. The molecular weight excluding hydrogens is 226 g/mol. The minimum absolute atomic E-state index is 0.623. The van der Waals surface area contributed by atoms with E-state index in [4.69, 9.17) is 15.2 Å². The zero-order chi connectivity index (χ0) is 12.8. The lowest BCUT2D eigenvalue weighted by Gasteiger charge is -2.18. The maximum atomic E-state index is 5.84. The van der Waals surface area contributed by atoms with Gasteiger partial charge in [-0.3, -0.25) is 0 Å². The molecule has 1 aromatic carbocycles. The van der Waals surface area contributed by atoms with Crippen LogP contribution in [0.25, 0.3) is 0 Å². The molecule has 100 valence electrons. The smallest absolute Gasteiger partial charge is 0.124 e. The summed E-state index contributed by atoms with van der Waals surface area (Å²) in [6, 6.07) is 8.01. The first-order valence-corrected chi connectivity index (χ1v) is 6.75. The molecule has 1 fully saturated rings. The fraction of sp³-hybridized carbons (Fsp3) is 0.600. The Balaban J connectivity index is 1.81. The molecule has 3 nitrogen and oxygen atoms in total. The summed E-state index contributed by atoms with van der Waals surface area (Å²) in [5, 5.41) is 0. The third-order valence-corrected chi connectivity index (χ3v) is 3.90. The molecule has 2 N–H and O–H groups in total. The van der Waals surface area contributed by atoms with Gasteiger partial charge in [0.05, 0.1) is 20.3 Å². The van der Waals surface area contributed by atoms with E-state index in [9.17, 15) is 0 Å². The summed E-state index contributed by atoms with van der Waals surface area (Å²) in [6.07, 6.45) is 3.82. The van der Waals surface area contributed by atoms with Gasteiger partial charge in [-0.1, -0.05) is 24.6 Å². The van der Waals surface area contributed by atoms with E-state index in [1.807, 2.05) is 24.3 Å². The summed E-state index contributed by atoms with van der Waals surface area (Å²) in [4.78, 5) is 0. The van der Waals surface area contributed by atoms with Crippen molar-refractivity contribution in [3.8, 4) is 5.75 Å². The summed E-state index contributed by atoms with van der Waals surface area (Å²) >= 11 is 0. The van der Waals surface area contributed by atoms with E-state index in [0.29, 0.717) is 18.4 Å². The molecule has 18 heavy (non-hydrogen) atoms. The van der Waals surface area contributed by atoms with Crippen molar-refractivity contribution in [3.63, 3.8) is 0 Å². The molecule has 0 heterocycles. The van der Waals surface area contributed by atoms with Crippen LogP contribution in [0.15, 0.2) is 24.3 Å². The van der Waals surface area contributed by atoms with E-state index in [1.54, 1.807) is 7.11 Å². The highest BCUT2D eigenvalue weighted by atomic mass is 16.5. The van der Waals surface area contributed by atoms with Gasteiger partial charge in [0.1, 0.15) is 5.75 Å². The Hall–Kier alpha value is -1.06. The van der Waals surface area contributed by atoms with E-state index in [0.717, 1.165) is 24.5 Å². The fourth-order valence-electron chi connectivity index (χ4n) is 2.79. The molecule has 0 aliphatic heterocycles. The molecule has 2 unspecified atom stereocenters. The number of methoxy groups -OCH3 is 1. The largest absolute Gasteiger partial charge is 0.496 e. The molecule has 0 amide bonds. The molecular formula is C15H23NO2. The molecule has 2 rings (SSSR count). The van der Waals surface area contributed by atoms with E-state index in [-0.39, 0.29) is 0 Å². The van der Waals surface area contributed by atoms with E-state index < -0.39 is 0 Å². The molecule has 1 aliphatic rings. The molecule has 3 heteroatoms. The molecule has 1 aromatic rings. The molecule has 0 spiro atoms. The number of rotatable bonds is 6. The summed E-state index contributed by atoms with van der Waals surface area (Å²) in [5.41, 5.74) is 6.89. The van der Waals surface area contributed by atoms with Crippen LogP contribution in [0.1, 0.15) is 24.8 Å². The van der Waals surface area contributed by atoms with Crippen molar-refractivity contribution < 1.29 is 9.47 Å². The Kier molecular flexibility index (Phi) is 5.02. The van der Waals surface area contributed by atoms with Gasteiger partial charge in [-0.15, -0.1) is 0 Å². The number of hydrogen-bond acceptors (Lipinski definition) is 3. The van der Waals surface area contributed by atoms with E-state index >= 15 is 0 Å². The van der Waals surface area contributed by atoms with Crippen molar-refractivity contribution in [1.82, 2.24) is 0 Å². The number of ether oxygens (including phenoxy) is 2. The van der Waals surface area contributed by atoms with Gasteiger partial charge in [0, 0.05) is 5.56 Å². The first-order chi connectivity index (χ1) is 8.85. The lowest BCUT2D eigenvalue weighted by Crippen LogP contribution is -2.22. The number of nitrogens with two attached hydrogens (primary N) is 1. The van der Waals surface area contributed by atoms with Gasteiger partial charge >= 0.3 is 0 Å². The second-order valence-corrected chi connectivity index (χ2v) is 5.01. The predicted octanol–water partition coefficient (Wildman–Crippen LogP) is 2.59. The minimum atomic E-state index is 0.623. The topological polar surface area (TPSA) is 44.5 Å². The van der Waals surface area contributed by atoms with Crippen LogP contribution in [0.3, 0.4) is 0 Å². The van der Waals surface area contributed by atoms with Crippen LogP contribution in [-0.2, 0) is 11.3 Å². The van der Waals surface area contributed by atoms with Crippen molar-refractivity contribution in [1.29, 1.82) is 0 Å². The van der Waals surface area contributed by atoms with Gasteiger partial charge in [0.2, 0.25) is 0 Å². The molecule has 1 aliphatic carbocycles. The normalized spacial score (nSPS) is 23.2. The van der Waals surface area contributed by atoms with Crippen LogP contribution in [0, 0.1) is 11.8 Å². The van der Waals surface area contributed by atoms with Crippen molar-refractivity contribution >= 4 is 0 Å². The van der Waals surface area contributed by atoms with Gasteiger partial charge in [-0.05, 0) is 37.3 Å². The first kappa shape index (κ1) is 13.4. The van der Waals surface area contributed by atoms with Gasteiger partial charge in [-0.2, -0.15) is 0 Å². The van der Waals surface area contributed by atoms with Crippen LogP contribution in [0.2, 0.25) is 0 Å². The molecule has 2 atom stereocenters. The van der Waals surface area contributed by atoms with Gasteiger partial charge in [-0.25, -0.2) is 0 Å². The van der Waals surface area contributed by atoms with Crippen molar-refractivity contribution in [2.24, 2.45) is 17.6 Å². The summed E-state index contributed by atoms with van der Waals surface area (Å²) in [7, 11) is 1.69. The summed E-state index contributed by atoms with van der Waals surface area (Å²) < 4.78 is 11.2. The molecule has 0 radical (unpaired) electrons. The van der Waals surface area contributed by atoms with Gasteiger partial charge < -0.3 is 15.2 Å². The maximum Gasteiger partial charge on any atom is 0.124 e. The van der Waals surface area contributed by atoms with Gasteiger partial charge in [0.25, 0.3) is 0 Å². The molecule has 0 saturated heterocycles. The van der Waals surface area contributed by atoms with Crippen molar-refractivity contribution in [2.75, 3.05) is 20.3 Å². The Bertz CT molecular complexity index is 367. The van der Waals surface area contributed by atoms with E-state index in [2.05, 4.69) is 0 Å². The highest BCUT2D eigenvalue weighted by Crippen LogP contribution is 2.31. The lowest BCUT2D eigenvalue weighted by atomic mass is 9.97. The molecule has 1 saturated carbocycles. The van der Waals surface area contributed by atoms with Crippen molar-refractivity contribution in [2.45, 2.75) is 25.9 Å². The Labute approximate surface area is 109 Å². The second kappa shape index (κ2) is 6.76. The maximum absolute atomic E-state index is 5.84. The minimum Gasteiger partial charge on any atom is -0.496 e. The van der Waals surface area contributed by atoms with Crippen LogP contribution < -0.4 is 10.5 Å². The molecule has 0 aromatic heterocycles. The monoisotopic (exact) mass is 249 g/mol. The van der Waals surface area contributed by atoms with Crippen molar-refractivity contribution in [3.05, 3.63) is 29.8 Å². The lowest BCUT2D eigenvalue weighted by molar-refractivity contribution is 0.0741. The average molecular weight is 249 g/mol. The Morgan fingerprint density at radius 3 is 2.78 bits per heavy atom. The zero-order valence-corrected chi connectivity index (χ0v) is 11.1. The zero-order valence-electron chi connectivity index (χ0n) is 11.1. The van der Waals surface area contributed by atoms with E-state index in [1.165, 1.54) is 19.3 Å². The third kappa shape index (κ3) is 3.24. The highest BCUT2D eigenvalue weighted by Gasteiger charge is 2.25. The van der Waals surface area contributed by atoms with Crippen LogP contribution in [-0.4, -0.2) is 20.3 Å². The predicted molar refractivity (Wildman–Crippen MR) is 72.5 cm³/mol.